The average molecular weight is 309 g/mol. The van der Waals surface area contributed by atoms with Crippen molar-refractivity contribution in [2.24, 2.45) is 0 Å². The van der Waals surface area contributed by atoms with E-state index < -0.39 is 53.7 Å². The van der Waals surface area contributed by atoms with Gasteiger partial charge in [0.25, 0.3) is 5.91 Å². The van der Waals surface area contributed by atoms with Gasteiger partial charge in [-0.2, -0.15) is 0 Å². The molecule has 116 valence electrons. The number of carboxylic acids is 1. The zero-order valence-electron chi connectivity index (χ0n) is 10.7. The van der Waals surface area contributed by atoms with E-state index in [0.717, 1.165) is 7.11 Å². The third-order valence-corrected chi connectivity index (χ3v) is 2.51. The Balaban J connectivity index is 3.08. The van der Waals surface area contributed by atoms with Crippen LogP contribution < -0.4 is 10.1 Å². The molecule has 9 heteroatoms. The van der Waals surface area contributed by atoms with Crippen molar-refractivity contribution in [1.82, 2.24) is 5.32 Å². The van der Waals surface area contributed by atoms with Gasteiger partial charge >= 0.3 is 5.97 Å². The highest BCUT2D eigenvalue weighted by atomic mass is 19.3. The van der Waals surface area contributed by atoms with E-state index in [1.807, 2.05) is 0 Å². The Kier molecular flexibility index (Phi) is 5.51. The van der Waals surface area contributed by atoms with Gasteiger partial charge in [0.05, 0.1) is 7.11 Å². The first-order valence-electron chi connectivity index (χ1n) is 5.61. The second-order valence-electron chi connectivity index (χ2n) is 3.93. The Morgan fingerprint density at radius 2 is 1.86 bits per heavy atom. The van der Waals surface area contributed by atoms with E-state index in [0.29, 0.717) is 12.1 Å². The van der Waals surface area contributed by atoms with Gasteiger partial charge in [-0.1, -0.05) is 0 Å². The first kappa shape index (κ1) is 16.7. The first-order valence-corrected chi connectivity index (χ1v) is 5.61. The summed E-state index contributed by atoms with van der Waals surface area (Å²) in [5.74, 6) is -6.05. The fourth-order valence-electron chi connectivity index (χ4n) is 1.57. The molecule has 21 heavy (non-hydrogen) atoms. The normalized spacial score (nSPS) is 12.1. The van der Waals surface area contributed by atoms with Crippen molar-refractivity contribution in [3.63, 3.8) is 0 Å². The van der Waals surface area contributed by atoms with Gasteiger partial charge in [-0.15, -0.1) is 0 Å². The number of halogens is 4. The number of nitrogens with one attached hydrogen (secondary N) is 1. The minimum atomic E-state index is -2.99. The third kappa shape index (κ3) is 4.07. The van der Waals surface area contributed by atoms with Crippen molar-refractivity contribution in [2.45, 2.75) is 18.9 Å². The van der Waals surface area contributed by atoms with Gasteiger partial charge in [0.1, 0.15) is 17.4 Å². The lowest BCUT2D eigenvalue weighted by atomic mass is 10.1. The highest BCUT2D eigenvalue weighted by molar-refractivity contribution is 5.99. The predicted octanol–water partition coefficient (Wildman–Crippen LogP) is 1.81. The van der Waals surface area contributed by atoms with Crippen molar-refractivity contribution in [2.75, 3.05) is 7.11 Å². The molecule has 1 aromatic rings. The van der Waals surface area contributed by atoms with Gasteiger partial charge in [0, 0.05) is 6.42 Å². The van der Waals surface area contributed by atoms with Crippen LogP contribution in [0.2, 0.25) is 0 Å². The summed E-state index contributed by atoms with van der Waals surface area (Å²) in [6.07, 6.45) is -4.16. The molecule has 0 heterocycles. The number of rotatable bonds is 6. The first-order chi connectivity index (χ1) is 9.77. The Morgan fingerprint density at radius 1 is 1.29 bits per heavy atom. The third-order valence-electron chi connectivity index (χ3n) is 2.51. The summed E-state index contributed by atoms with van der Waals surface area (Å²) in [6.45, 7) is 0. The quantitative estimate of drug-likeness (QED) is 0.786. The van der Waals surface area contributed by atoms with Crippen LogP contribution >= 0.6 is 0 Å². The van der Waals surface area contributed by atoms with Crippen LogP contribution in [0, 0.1) is 11.6 Å². The number of hydrogen-bond donors (Lipinski definition) is 2. The molecule has 1 amide bonds. The van der Waals surface area contributed by atoms with E-state index >= 15 is 0 Å². The Bertz CT molecular complexity index is 550. The number of methoxy groups -OCH3 is 1. The standard InChI is InChI=1S/C12H11F4NO4/c1-21-10-6(14)3-2-5(13)9(10)11(18)17-7(12(19)20)4-8(15)16/h2-3,7-8H,4H2,1H3,(H,17,18)(H,19,20). The van der Waals surface area contributed by atoms with Gasteiger partial charge in [-0.05, 0) is 12.1 Å². The molecule has 0 spiro atoms. The molecular formula is C12H11F4NO4. The van der Waals surface area contributed by atoms with Crippen molar-refractivity contribution < 1.29 is 37.0 Å². The van der Waals surface area contributed by atoms with E-state index in [4.69, 9.17) is 5.11 Å². The molecule has 1 unspecified atom stereocenters. The van der Waals surface area contributed by atoms with Crippen molar-refractivity contribution in [3.8, 4) is 5.75 Å². The fourth-order valence-corrected chi connectivity index (χ4v) is 1.57. The number of hydrogen-bond acceptors (Lipinski definition) is 3. The van der Waals surface area contributed by atoms with Crippen molar-refractivity contribution >= 4 is 11.9 Å². The molecule has 0 fully saturated rings. The molecule has 0 aliphatic carbocycles. The predicted molar refractivity (Wildman–Crippen MR) is 62.4 cm³/mol. The zero-order valence-corrected chi connectivity index (χ0v) is 10.7. The molecule has 0 aliphatic heterocycles. The minimum absolute atomic E-state index is 0.635. The summed E-state index contributed by atoms with van der Waals surface area (Å²) in [5.41, 5.74) is -0.891. The average Bonchev–Trinajstić information content (AvgIpc) is 2.39. The van der Waals surface area contributed by atoms with E-state index in [1.165, 1.54) is 0 Å². The smallest absolute Gasteiger partial charge is 0.326 e. The Morgan fingerprint density at radius 3 is 2.33 bits per heavy atom. The minimum Gasteiger partial charge on any atom is -0.493 e. The van der Waals surface area contributed by atoms with Crippen molar-refractivity contribution in [1.29, 1.82) is 0 Å². The highest BCUT2D eigenvalue weighted by Crippen LogP contribution is 2.25. The molecule has 0 saturated carbocycles. The largest absolute Gasteiger partial charge is 0.493 e. The molecule has 1 aromatic carbocycles. The molecular weight excluding hydrogens is 298 g/mol. The molecule has 0 saturated heterocycles. The number of amides is 1. The van der Waals surface area contributed by atoms with Crippen LogP contribution in [0.3, 0.4) is 0 Å². The zero-order chi connectivity index (χ0) is 16.2. The summed E-state index contributed by atoms with van der Waals surface area (Å²) in [5, 5.41) is 10.4. The molecule has 0 radical (unpaired) electrons. The topological polar surface area (TPSA) is 75.6 Å². The number of benzene rings is 1. The van der Waals surface area contributed by atoms with E-state index in [-0.39, 0.29) is 0 Å². The van der Waals surface area contributed by atoms with Crippen LogP contribution in [0.1, 0.15) is 16.8 Å². The Hall–Kier alpha value is -2.32. The highest BCUT2D eigenvalue weighted by Gasteiger charge is 2.28. The SMILES string of the molecule is COc1c(F)ccc(F)c1C(=O)NC(CC(F)F)C(=O)O. The van der Waals surface area contributed by atoms with Crippen LogP contribution in [-0.2, 0) is 4.79 Å². The summed E-state index contributed by atoms with van der Waals surface area (Å²) < 4.78 is 55.9. The fraction of sp³-hybridized carbons (Fsp3) is 0.333. The van der Waals surface area contributed by atoms with Gasteiger partial charge in [-0.3, -0.25) is 4.79 Å². The van der Waals surface area contributed by atoms with Crippen molar-refractivity contribution in [3.05, 3.63) is 29.3 Å². The number of aliphatic carboxylic acids is 1. The molecule has 0 bridgehead atoms. The molecule has 2 N–H and O–H groups in total. The van der Waals surface area contributed by atoms with E-state index in [2.05, 4.69) is 4.74 Å². The lowest BCUT2D eigenvalue weighted by Gasteiger charge is -2.16. The maximum Gasteiger partial charge on any atom is 0.326 e. The van der Waals surface area contributed by atoms with Crippen LogP contribution in [-0.4, -0.2) is 36.6 Å². The second kappa shape index (κ2) is 6.91. The van der Waals surface area contributed by atoms with E-state index in [9.17, 15) is 27.2 Å². The number of ether oxygens (including phenoxy) is 1. The summed E-state index contributed by atoms with van der Waals surface area (Å²) in [7, 11) is 0.975. The number of carbonyl (C=O) groups is 2. The van der Waals surface area contributed by atoms with Gasteiger partial charge in [0.15, 0.2) is 11.6 Å². The molecule has 1 atom stereocenters. The second-order valence-corrected chi connectivity index (χ2v) is 3.93. The maximum absolute atomic E-state index is 13.6. The summed E-state index contributed by atoms with van der Waals surface area (Å²) in [6, 6.07) is -0.598. The van der Waals surface area contributed by atoms with Crippen LogP contribution in [0.25, 0.3) is 0 Å². The number of carboxylic acid groups (broad SMARTS) is 1. The van der Waals surface area contributed by atoms with Crippen LogP contribution in [0.5, 0.6) is 5.75 Å². The number of alkyl halides is 2. The molecule has 0 aliphatic rings. The Labute approximate surface area is 116 Å². The van der Waals surface area contributed by atoms with E-state index in [1.54, 1.807) is 5.32 Å². The molecule has 5 nitrogen and oxygen atoms in total. The lowest BCUT2D eigenvalue weighted by molar-refractivity contribution is -0.140. The lowest BCUT2D eigenvalue weighted by Crippen LogP contribution is -2.42. The molecule has 0 aromatic heterocycles. The van der Waals surface area contributed by atoms with Gasteiger partial charge < -0.3 is 15.2 Å². The molecule has 1 rings (SSSR count). The summed E-state index contributed by atoms with van der Waals surface area (Å²) in [4.78, 5) is 22.5. The van der Waals surface area contributed by atoms with Gasteiger partial charge in [0.2, 0.25) is 6.43 Å². The maximum atomic E-state index is 13.6. The summed E-state index contributed by atoms with van der Waals surface area (Å²) >= 11 is 0. The van der Waals surface area contributed by atoms with Crippen LogP contribution in [0.15, 0.2) is 12.1 Å². The van der Waals surface area contributed by atoms with Crippen LogP contribution in [0.4, 0.5) is 17.6 Å². The number of carbonyl (C=O) groups excluding carboxylic acids is 1. The monoisotopic (exact) mass is 309 g/mol. The van der Waals surface area contributed by atoms with Gasteiger partial charge in [-0.25, -0.2) is 22.4 Å².